The average molecular weight is 168 g/mol. The van der Waals surface area contributed by atoms with E-state index in [1.807, 2.05) is 7.05 Å². The van der Waals surface area contributed by atoms with Crippen LogP contribution in [0.25, 0.3) is 0 Å². The highest BCUT2D eigenvalue weighted by molar-refractivity contribution is 4.99. The van der Waals surface area contributed by atoms with Crippen LogP contribution >= 0.6 is 0 Å². The highest BCUT2D eigenvalue weighted by atomic mass is 15.0. The minimum Gasteiger partial charge on any atom is -0.376 e. The molecule has 1 aliphatic carbocycles. The SMILES string of the molecule is CNCN/C1=C/CCCCCC1. The van der Waals surface area contributed by atoms with Crippen molar-refractivity contribution in [2.24, 2.45) is 0 Å². The van der Waals surface area contributed by atoms with E-state index in [1.54, 1.807) is 0 Å². The summed E-state index contributed by atoms with van der Waals surface area (Å²) in [7, 11) is 1.97. The molecule has 2 heteroatoms. The van der Waals surface area contributed by atoms with E-state index in [9.17, 15) is 0 Å². The molecule has 0 aliphatic heterocycles. The topological polar surface area (TPSA) is 24.1 Å². The summed E-state index contributed by atoms with van der Waals surface area (Å²) in [5.74, 6) is 0. The molecular formula is C10H20N2. The normalized spacial score (nSPS) is 23.6. The molecule has 0 aromatic carbocycles. The smallest absolute Gasteiger partial charge is 0.0647 e. The van der Waals surface area contributed by atoms with Crippen LogP contribution in [0.1, 0.15) is 38.5 Å². The Kier molecular flexibility index (Phi) is 4.85. The molecule has 2 N–H and O–H groups in total. The number of rotatable bonds is 3. The number of hydrogen-bond donors (Lipinski definition) is 2. The van der Waals surface area contributed by atoms with Gasteiger partial charge in [0.05, 0.1) is 6.67 Å². The molecule has 0 aromatic rings. The second-order valence-electron chi connectivity index (χ2n) is 3.39. The zero-order valence-electron chi connectivity index (χ0n) is 8.03. The number of hydrogen-bond acceptors (Lipinski definition) is 2. The lowest BCUT2D eigenvalue weighted by Crippen LogP contribution is -2.25. The lowest BCUT2D eigenvalue weighted by Gasteiger charge is -2.13. The van der Waals surface area contributed by atoms with Crippen molar-refractivity contribution in [3.8, 4) is 0 Å². The first kappa shape index (κ1) is 9.59. The minimum atomic E-state index is 0.895. The highest BCUT2D eigenvalue weighted by Crippen LogP contribution is 2.14. The Labute approximate surface area is 75.4 Å². The first-order valence-corrected chi connectivity index (χ1v) is 5.01. The molecule has 70 valence electrons. The fourth-order valence-corrected chi connectivity index (χ4v) is 1.55. The van der Waals surface area contributed by atoms with E-state index in [2.05, 4.69) is 16.7 Å². The third kappa shape index (κ3) is 3.77. The van der Waals surface area contributed by atoms with Crippen LogP contribution in [0.4, 0.5) is 0 Å². The van der Waals surface area contributed by atoms with Crippen molar-refractivity contribution in [1.82, 2.24) is 10.6 Å². The van der Waals surface area contributed by atoms with Gasteiger partial charge in [-0.25, -0.2) is 0 Å². The molecule has 0 bridgehead atoms. The third-order valence-electron chi connectivity index (χ3n) is 2.28. The molecule has 0 saturated heterocycles. The molecule has 2 nitrogen and oxygen atoms in total. The van der Waals surface area contributed by atoms with Crippen molar-refractivity contribution in [3.63, 3.8) is 0 Å². The predicted octanol–water partition coefficient (Wildman–Crippen LogP) is 1.99. The maximum absolute atomic E-state index is 3.39. The van der Waals surface area contributed by atoms with Crippen LogP contribution in [0, 0.1) is 0 Å². The molecule has 0 saturated carbocycles. The Morgan fingerprint density at radius 1 is 1.25 bits per heavy atom. The zero-order chi connectivity index (χ0) is 8.65. The average Bonchev–Trinajstić information content (AvgIpc) is 2.02. The molecule has 0 amide bonds. The summed E-state index contributed by atoms with van der Waals surface area (Å²) in [6.45, 7) is 0.895. The van der Waals surface area contributed by atoms with E-state index in [4.69, 9.17) is 0 Å². The van der Waals surface area contributed by atoms with Gasteiger partial charge in [-0.15, -0.1) is 0 Å². The second kappa shape index (κ2) is 6.06. The Morgan fingerprint density at radius 3 is 2.92 bits per heavy atom. The van der Waals surface area contributed by atoms with Gasteiger partial charge >= 0.3 is 0 Å². The van der Waals surface area contributed by atoms with Gasteiger partial charge in [0.1, 0.15) is 0 Å². The Balaban J connectivity index is 2.26. The Morgan fingerprint density at radius 2 is 2.08 bits per heavy atom. The van der Waals surface area contributed by atoms with Crippen LogP contribution in [0.3, 0.4) is 0 Å². The van der Waals surface area contributed by atoms with Crippen molar-refractivity contribution < 1.29 is 0 Å². The van der Waals surface area contributed by atoms with Gasteiger partial charge in [-0.05, 0) is 32.7 Å². The summed E-state index contributed by atoms with van der Waals surface area (Å²) >= 11 is 0. The van der Waals surface area contributed by atoms with Gasteiger partial charge in [0.15, 0.2) is 0 Å². The van der Waals surface area contributed by atoms with Gasteiger partial charge in [-0.3, -0.25) is 0 Å². The first-order chi connectivity index (χ1) is 5.93. The maximum Gasteiger partial charge on any atom is 0.0647 e. The summed E-state index contributed by atoms with van der Waals surface area (Å²) in [6, 6.07) is 0. The lowest BCUT2D eigenvalue weighted by molar-refractivity contribution is 0.588. The summed E-state index contributed by atoms with van der Waals surface area (Å²) in [5.41, 5.74) is 1.43. The summed E-state index contributed by atoms with van der Waals surface area (Å²) in [6.07, 6.45) is 10.4. The summed E-state index contributed by atoms with van der Waals surface area (Å²) in [4.78, 5) is 0. The standard InChI is InChI=1S/C10H20N2/c1-11-9-12-10-7-5-3-2-4-6-8-10/h7,11-12H,2-6,8-9H2,1H3/b10-7+. The fraction of sp³-hybridized carbons (Fsp3) is 0.800. The molecule has 0 radical (unpaired) electrons. The minimum absolute atomic E-state index is 0.895. The van der Waals surface area contributed by atoms with Gasteiger partial charge < -0.3 is 10.6 Å². The molecule has 1 aliphatic rings. The summed E-state index contributed by atoms with van der Waals surface area (Å²) < 4.78 is 0. The van der Waals surface area contributed by atoms with E-state index in [0.717, 1.165) is 6.67 Å². The highest BCUT2D eigenvalue weighted by Gasteiger charge is 1.99. The quantitative estimate of drug-likeness (QED) is 0.630. The largest absolute Gasteiger partial charge is 0.376 e. The van der Waals surface area contributed by atoms with Gasteiger partial charge in [0.25, 0.3) is 0 Å². The van der Waals surface area contributed by atoms with Crippen LogP contribution < -0.4 is 10.6 Å². The zero-order valence-corrected chi connectivity index (χ0v) is 8.03. The Hall–Kier alpha value is -0.500. The fourth-order valence-electron chi connectivity index (χ4n) is 1.55. The summed E-state index contributed by atoms with van der Waals surface area (Å²) in [5, 5.41) is 6.49. The van der Waals surface area contributed by atoms with Crippen LogP contribution in [-0.2, 0) is 0 Å². The molecule has 1 rings (SSSR count). The molecule has 0 spiro atoms. The van der Waals surface area contributed by atoms with Gasteiger partial charge in [-0.1, -0.05) is 18.9 Å². The number of allylic oxidation sites excluding steroid dienone is 2. The maximum atomic E-state index is 3.39. The van der Waals surface area contributed by atoms with Gasteiger partial charge in [-0.2, -0.15) is 0 Å². The Bertz CT molecular complexity index is 141. The van der Waals surface area contributed by atoms with Crippen molar-refractivity contribution in [2.45, 2.75) is 38.5 Å². The van der Waals surface area contributed by atoms with Crippen LogP contribution in [0.15, 0.2) is 11.8 Å². The van der Waals surface area contributed by atoms with E-state index in [0.29, 0.717) is 0 Å². The molecule has 0 unspecified atom stereocenters. The van der Waals surface area contributed by atoms with Crippen LogP contribution in [0.5, 0.6) is 0 Å². The second-order valence-corrected chi connectivity index (χ2v) is 3.39. The lowest BCUT2D eigenvalue weighted by atomic mass is 10.0. The molecule has 0 atom stereocenters. The van der Waals surface area contributed by atoms with Crippen molar-refractivity contribution in [2.75, 3.05) is 13.7 Å². The van der Waals surface area contributed by atoms with E-state index in [1.165, 1.54) is 44.2 Å². The molecule has 12 heavy (non-hydrogen) atoms. The van der Waals surface area contributed by atoms with Crippen molar-refractivity contribution in [3.05, 3.63) is 11.8 Å². The van der Waals surface area contributed by atoms with E-state index < -0.39 is 0 Å². The first-order valence-electron chi connectivity index (χ1n) is 5.01. The van der Waals surface area contributed by atoms with Gasteiger partial charge in [0, 0.05) is 5.70 Å². The number of nitrogens with one attached hydrogen (secondary N) is 2. The molecular weight excluding hydrogens is 148 g/mol. The van der Waals surface area contributed by atoms with Crippen molar-refractivity contribution in [1.29, 1.82) is 0 Å². The van der Waals surface area contributed by atoms with E-state index >= 15 is 0 Å². The van der Waals surface area contributed by atoms with Crippen LogP contribution in [-0.4, -0.2) is 13.7 Å². The molecule has 0 aromatic heterocycles. The van der Waals surface area contributed by atoms with E-state index in [-0.39, 0.29) is 0 Å². The third-order valence-corrected chi connectivity index (χ3v) is 2.28. The monoisotopic (exact) mass is 168 g/mol. The molecule has 0 fully saturated rings. The van der Waals surface area contributed by atoms with Gasteiger partial charge in [0.2, 0.25) is 0 Å². The van der Waals surface area contributed by atoms with Crippen molar-refractivity contribution >= 4 is 0 Å². The molecule has 0 heterocycles. The van der Waals surface area contributed by atoms with Crippen LogP contribution in [0.2, 0.25) is 0 Å². The predicted molar refractivity (Wildman–Crippen MR) is 52.8 cm³/mol.